The van der Waals surface area contributed by atoms with Crippen LogP contribution >= 0.6 is 11.8 Å². The van der Waals surface area contributed by atoms with E-state index in [0.717, 1.165) is 17.0 Å². The Hall–Kier alpha value is -3.78. The minimum Gasteiger partial charge on any atom is -0.504 e. The lowest BCUT2D eigenvalue weighted by atomic mass is 10.1. The van der Waals surface area contributed by atoms with E-state index in [1.807, 2.05) is 66.1 Å². The van der Waals surface area contributed by atoms with Gasteiger partial charge in [-0.3, -0.25) is 9.36 Å². The Balaban J connectivity index is 1.56. The highest BCUT2D eigenvalue weighted by Gasteiger charge is 2.18. The molecule has 2 N–H and O–H groups in total. The number of carbonyl (C=O) groups is 1. The average Bonchev–Trinajstić information content (AvgIpc) is 3.22. The number of rotatable bonds is 8. The molecule has 1 heterocycles. The lowest BCUT2D eigenvalue weighted by Crippen LogP contribution is -2.08. The largest absolute Gasteiger partial charge is 0.504 e. The van der Waals surface area contributed by atoms with E-state index in [1.165, 1.54) is 30.0 Å². The highest BCUT2D eigenvalue weighted by Crippen LogP contribution is 2.28. The van der Waals surface area contributed by atoms with Crippen molar-refractivity contribution >= 4 is 17.5 Å². The Bertz CT molecular complexity index is 1240. The smallest absolute Gasteiger partial charge is 0.196 e. The Morgan fingerprint density at radius 2 is 1.72 bits per heavy atom. The number of ketones is 1. The lowest BCUT2D eigenvalue weighted by molar-refractivity contribution is 0.102. The van der Waals surface area contributed by atoms with Gasteiger partial charge in [0.15, 0.2) is 28.3 Å². The van der Waals surface area contributed by atoms with Crippen LogP contribution in [0.4, 0.5) is 0 Å². The summed E-state index contributed by atoms with van der Waals surface area (Å²) in [6.45, 7) is 2.19. The topological polar surface area (TPSA) is 97.5 Å². The van der Waals surface area contributed by atoms with Gasteiger partial charge in [0.05, 0.1) is 5.75 Å². The summed E-state index contributed by atoms with van der Waals surface area (Å²) in [5.74, 6) is 0.669. The predicted molar refractivity (Wildman–Crippen MR) is 122 cm³/mol. The van der Waals surface area contributed by atoms with Crippen molar-refractivity contribution in [3.63, 3.8) is 0 Å². The molecule has 0 unspecified atom stereocenters. The zero-order chi connectivity index (χ0) is 22.5. The monoisotopic (exact) mass is 447 g/mol. The number of aromatic hydroxyl groups is 2. The third kappa shape index (κ3) is 4.76. The van der Waals surface area contributed by atoms with Gasteiger partial charge >= 0.3 is 0 Å². The summed E-state index contributed by atoms with van der Waals surface area (Å²) < 4.78 is 7.83. The predicted octanol–water partition coefficient (Wildman–Crippen LogP) is 4.54. The van der Waals surface area contributed by atoms with Crippen LogP contribution in [0.1, 0.15) is 21.7 Å². The van der Waals surface area contributed by atoms with Crippen molar-refractivity contribution < 1.29 is 19.7 Å². The number of aromatic nitrogens is 3. The molecular weight excluding hydrogens is 426 g/mol. The first-order chi connectivity index (χ1) is 15.5. The van der Waals surface area contributed by atoms with Crippen LogP contribution in [0.3, 0.4) is 0 Å². The van der Waals surface area contributed by atoms with E-state index in [1.54, 1.807) is 0 Å². The standard InChI is InChI=1S/C24H21N3O4S/c1-16-7-5-6-10-22(16)31-14-23-25-26-24(27(23)18-8-3-2-4-9-18)32-15-21(30)17-11-12-19(28)20(29)13-17/h2-13,28-29H,14-15H2,1H3. The molecule has 0 spiro atoms. The van der Waals surface area contributed by atoms with Crippen LogP contribution in [0.25, 0.3) is 5.69 Å². The van der Waals surface area contributed by atoms with Gasteiger partial charge < -0.3 is 14.9 Å². The van der Waals surface area contributed by atoms with Crippen LogP contribution in [-0.4, -0.2) is 36.5 Å². The van der Waals surface area contributed by atoms with Gasteiger partial charge in [0.25, 0.3) is 0 Å². The molecule has 8 heteroatoms. The summed E-state index contributed by atoms with van der Waals surface area (Å²) in [7, 11) is 0. The van der Waals surface area contributed by atoms with Crippen LogP contribution in [0.15, 0.2) is 78.0 Å². The van der Waals surface area contributed by atoms with Gasteiger partial charge in [-0.2, -0.15) is 0 Å². The molecule has 3 aromatic carbocycles. The number of Topliss-reactive ketones (excluding diaryl/α,β-unsaturated/α-hetero) is 1. The van der Waals surface area contributed by atoms with Gasteiger partial charge in [-0.05, 0) is 48.9 Å². The van der Waals surface area contributed by atoms with Crippen molar-refractivity contribution in [3.05, 3.63) is 89.7 Å². The lowest BCUT2D eigenvalue weighted by Gasteiger charge is -2.12. The van der Waals surface area contributed by atoms with Crippen molar-refractivity contribution in [2.45, 2.75) is 18.7 Å². The first kappa shape index (κ1) is 21.5. The van der Waals surface area contributed by atoms with Crippen LogP contribution in [-0.2, 0) is 6.61 Å². The Morgan fingerprint density at radius 3 is 2.47 bits per heavy atom. The summed E-state index contributed by atoms with van der Waals surface area (Å²) in [6.07, 6.45) is 0. The molecule has 0 aliphatic heterocycles. The molecule has 7 nitrogen and oxygen atoms in total. The molecule has 0 amide bonds. The molecule has 162 valence electrons. The van der Waals surface area contributed by atoms with Gasteiger partial charge in [0.2, 0.25) is 0 Å². The first-order valence-electron chi connectivity index (χ1n) is 9.89. The average molecular weight is 448 g/mol. The van der Waals surface area contributed by atoms with Crippen LogP contribution < -0.4 is 4.74 Å². The third-order valence-electron chi connectivity index (χ3n) is 4.79. The number of hydrogen-bond acceptors (Lipinski definition) is 7. The minimum atomic E-state index is -0.330. The zero-order valence-electron chi connectivity index (χ0n) is 17.3. The van der Waals surface area contributed by atoms with Gasteiger partial charge in [0.1, 0.15) is 12.4 Å². The van der Waals surface area contributed by atoms with Crippen LogP contribution in [0, 0.1) is 6.92 Å². The number of carbonyl (C=O) groups excluding carboxylic acids is 1. The van der Waals surface area contributed by atoms with E-state index >= 15 is 0 Å². The Labute approximate surface area is 189 Å². The van der Waals surface area contributed by atoms with Gasteiger partial charge in [-0.1, -0.05) is 48.2 Å². The molecule has 0 fully saturated rings. The molecule has 4 aromatic rings. The third-order valence-corrected chi connectivity index (χ3v) is 5.72. The number of phenols is 2. The molecule has 0 saturated carbocycles. The van der Waals surface area contributed by atoms with E-state index in [9.17, 15) is 15.0 Å². The second-order valence-corrected chi connectivity index (χ2v) is 7.98. The number of aryl methyl sites for hydroxylation is 1. The molecular formula is C24H21N3O4S. The minimum absolute atomic E-state index is 0.0911. The molecule has 0 atom stereocenters. The first-order valence-corrected chi connectivity index (χ1v) is 10.9. The summed E-state index contributed by atoms with van der Waals surface area (Å²) >= 11 is 1.24. The fourth-order valence-corrected chi connectivity index (χ4v) is 3.96. The molecule has 0 bridgehead atoms. The number of hydrogen-bond donors (Lipinski definition) is 2. The maximum Gasteiger partial charge on any atom is 0.196 e. The molecule has 4 rings (SSSR count). The number of benzene rings is 3. The molecule has 0 aliphatic rings. The second kappa shape index (κ2) is 9.57. The number of ether oxygens (including phenoxy) is 1. The van der Waals surface area contributed by atoms with Gasteiger partial charge in [-0.25, -0.2) is 0 Å². The fraction of sp³-hybridized carbons (Fsp3) is 0.125. The van der Waals surface area contributed by atoms with Crippen LogP contribution in [0.2, 0.25) is 0 Å². The molecule has 1 aromatic heterocycles. The normalized spacial score (nSPS) is 10.8. The molecule has 0 aliphatic carbocycles. The summed E-state index contributed by atoms with van der Waals surface area (Å²) in [5, 5.41) is 28.2. The SMILES string of the molecule is Cc1ccccc1OCc1nnc(SCC(=O)c2ccc(O)c(O)c2)n1-c1ccccc1. The van der Waals surface area contributed by atoms with Crippen LogP contribution in [0.5, 0.6) is 17.2 Å². The molecule has 0 saturated heterocycles. The van der Waals surface area contributed by atoms with Crippen molar-refractivity contribution in [2.75, 3.05) is 5.75 Å². The Morgan fingerprint density at radius 1 is 0.969 bits per heavy atom. The number of phenolic OH excluding ortho intramolecular Hbond substituents is 2. The number of thioether (sulfide) groups is 1. The van der Waals surface area contributed by atoms with Crippen molar-refractivity contribution in [1.82, 2.24) is 14.8 Å². The summed E-state index contributed by atoms with van der Waals surface area (Å²) in [5.41, 5.74) is 2.19. The van der Waals surface area contributed by atoms with Gasteiger partial charge in [-0.15, -0.1) is 10.2 Å². The molecule has 32 heavy (non-hydrogen) atoms. The highest BCUT2D eigenvalue weighted by molar-refractivity contribution is 7.99. The van der Waals surface area contributed by atoms with Gasteiger partial charge in [0, 0.05) is 11.3 Å². The van der Waals surface area contributed by atoms with Crippen molar-refractivity contribution in [1.29, 1.82) is 0 Å². The second-order valence-electron chi connectivity index (χ2n) is 7.04. The Kier molecular flexibility index (Phi) is 6.42. The maximum absolute atomic E-state index is 12.6. The number of nitrogens with zero attached hydrogens (tertiary/aromatic N) is 3. The van der Waals surface area contributed by atoms with Crippen molar-refractivity contribution in [2.24, 2.45) is 0 Å². The van der Waals surface area contributed by atoms with E-state index < -0.39 is 0 Å². The molecule has 0 radical (unpaired) electrons. The van der Waals surface area contributed by atoms with E-state index in [4.69, 9.17) is 4.74 Å². The zero-order valence-corrected chi connectivity index (χ0v) is 18.1. The highest BCUT2D eigenvalue weighted by atomic mass is 32.2. The summed E-state index contributed by atoms with van der Waals surface area (Å²) in [4.78, 5) is 12.6. The fourth-order valence-electron chi connectivity index (χ4n) is 3.09. The van der Waals surface area contributed by atoms with E-state index in [-0.39, 0.29) is 29.6 Å². The quantitative estimate of drug-likeness (QED) is 0.232. The van der Waals surface area contributed by atoms with E-state index in [2.05, 4.69) is 10.2 Å². The van der Waals surface area contributed by atoms with Crippen molar-refractivity contribution in [3.8, 4) is 22.9 Å². The maximum atomic E-state index is 12.6. The van der Waals surface area contributed by atoms with E-state index in [0.29, 0.717) is 16.5 Å². The number of para-hydroxylation sites is 2. The summed E-state index contributed by atoms with van der Waals surface area (Å²) in [6, 6.07) is 21.4.